The molecule has 0 aromatic heterocycles. The third-order valence-corrected chi connectivity index (χ3v) is 1.30. The van der Waals surface area contributed by atoms with E-state index in [-0.39, 0.29) is 12.4 Å². The van der Waals surface area contributed by atoms with Gasteiger partial charge in [-0.2, -0.15) is 0 Å². The first-order valence-electron chi connectivity index (χ1n) is 3.13. The summed E-state index contributed by atoms with van der Waals surface area (Å²) >= 11 is 0. The van der Waals surface area contributed by atoms with Gasteiger partial charge in [0.25, 0.3) is 0 Å². The zero-order valence-electron chi connectivity index (χ0n) is 5.83. The van der Waals surface area contributed by atoms with Crippen molar-refractivity contribution >= 4 is 0 Å². The SMILES string of the molecule is Cc1cc(O)cc(CO)c1. The van der Waals surface area contributed by atoms with Crippen LogP contribution in [0.3, 0.4) is 0 Å². The van der Waals surface area contributed by atoms with Crippen LogP contribution >= 0.6 is 0 Å². The zero-order valence-corrected chi connectivity index (χ0v) is 5.83. The Morgan fingerprint density at radius 3 is 2.50 bits per heavy atom. The van der Waals surface area contributed by atoms with Gasteiger partial charge in [0.05, 0.1) is 6.61 Å². The lowest BCUT2D eigenvalue weighted by Gasteiger charge is -1.98. The number of benzene rings is 1. The minimum absolute atomic E-state index is 0.0186. The lowest BCUT2D eigenvalue weighted by atomic mass is 10.1. The molecule has 1 rings (SSSR count). The summed E-state index contributed by atoms with van der Waals surface area (Å²) in [6.45, 7) is 1.86. The lowest BCUT2D eigenvalue weighted by molar-refractivity contribution is 0.281. The van der Waals surface area contributed by atoms with Crippen LogP contribution in [-0.4, -0.2) is 10.2 Å². The van der Waals surface area contributed by atoms with Gasteiger partial charge < -0.3 is 10.2 Å². The summed E-state index contributed by atoms with van der Waals surface area (Å²) in [4.78, 5) is 0. The average molecular weight is 138 g/mol. The van der Waals surface area contributed by atoms with Gasteiger partial charge in [-0.25, -0.2) is 0 Å². The molecule has 0 bridgehead atoms. The third kappa shape index (κ3) is 1.48. The Bertz CT molecular complexity index is 210. The Labute approximate surface area is 59.7 Å². The number of aliphatic hydroxyl groups excluding tert-OH is 1. The zero-order chi connectivity index (χ0) is 7.56. The van der Waals surface area contributed by atoms with Crippen LogP contribution in [0, 0.1) is 6.92 Å². The van der Waals surface area contributed by atoms with Crippen LogP contribution in [0.2, 0.25) is 0 Å². The third-order valence-electron chi connectivity index (χ3n) is 1.30. The van der Waals surface area contributed by atoms with Crippen LogP contribution in [0.4, 0.5) is 0 Å². The average Bonchev–Trinajstić information content (AvgIpc) is 1.85. The molecule has 0 amide bonds. The molecule has 54 valence electrons. The summed E-state index contributed by atoms with van der Waals surface area (Å²) in [6.07, 6.45) is 0. The Morgan fingerprint density at radius 1 is 1.30 bits per heavy atom. The van der Waals surface area contributed by atoms with Crippen LogP contribution in [0.25, 0.3) is 0 Å². The van der Waals surface area contributed by atoms with E-state index in [1.54, 1.807) is 12.1 Å². The molecule has 0 atom stereocenters. The van der Waals surface area contributed by atoms with E-state index in [9.17, 15) is 0 Å². The number of rotatable bonds is 1. The second kappa shape index (κ2) is 2.71. The van der Waals surface area contributed by atoms with E-state index in [2.05, 4.69) is 0 Å². The van der Waals surface area contributed by atoms with E-state index in [4.69, 9.17) is 10.2 Å². The van der Waals surface area contributed by atoms with Crippen molar-refractivity contribution in [3.8, 4) is 5.75 Å². The molecule has 0 radical (unpaired) electrons. The minimum atomic E-state index is -0.0186. The van der Waals surface area contributed by atoms with Crippen LogP contribution in [-0.2, 0) is 6.61 Å². The summed E-state index contributed by atoms with van der Waals surface area (Å²) in [6, 6.07) is 5.03. The fourth-order valence-corrected chi connectivity index (χ4v) is 0.932. The Hall–Kier alpha value is -1.02. The highest BCUT2D eigenvalue weighted by Gasteiger charge is 1.93. The number of aliphatic hydroxyl groups is 1. The van der Waals surface area contributed by atoms with Gasteiger partial charge in [-0.3, -0.25) is 0 Å². The predicted octanol–water partition coefficient (Wildman–Crippen LogP) is 1.19. The Balaban J connectivity index is 3.06. The van der Waals surface area contributed by atoms with Gasteiger partial charge >= 0.3 is 0 Å². The van der Waals surface area contributed by atoms with Gasteiger partial charge in [-0.15, -0.1) is 0 Å². The van der Waals surface area contributed by atoms with Crippen molar-refractivity contribution in [1.82, 2.24) is 0 Å². The molecule has 1 aromatic carbocycles. The molecule has 0 aliphatic heterocycles. The number of phenols is 1. The predicted molar refractivity (Wildman–Crippen MR) is 38.8 cm³/mol. The summed E-state index contributed by atoms with van der Waals surface area (Å²) in [7, 11) is 0. The van der Waals surface area contributed by atoms with Crippen molar-refractivity contribution in [2.45, 2.75) is 13.5 Å². The normalized spacial score (nSPS) is 9.80. The van der Waals surface area contributed by atoms with Gasteiger partial charge in [0, 0.05) is 0 Å². The van der Waals surface area contributed by atoms with Crippen LogP contribution < -0.4 is 0 Å². The van der Waals surface area contributed by atoms with Gasteiger partial charge in [0.15, 0.2) is 0 Å². The first kappa shape index (κ1) is 7.09. The molecule has 0 unspecified atom stereocenters. The molecule has 0 aliphatic carbocycles. The number of aryl methyl sites for hydroxylation is 1. The van der Waals surface area contributed by atoms with E-state index in [0.29, 0.717) is 0 Å². The molecular weight excluding hydrogens is 128 g/mol. The molecule has 10 heavy (non-hydrogen) atoms. The number of aromatic hydroxyl groups is 1. The molecule has 2 nitrogen and oxygen atoms in total. The van der Waals surface area contributed by atoms with Crippen LogP contribution in [0.1, 0.15) is 11.1 Å². The van der Waals surface area contributed by atoms with E-state index in [1.165, 1.54) is 0 Å². The smallest absolute Gasteiger partial charge is 0.116 e. The highest BCUT2D eigenvalue weighted by Crippen LogP contribution is 2.14. The molecule has 0 saturated heterocycles. The molecule has 1 aromatic rings. The molecule has 0 heterocycles. The summed E-state index contributed by atoms with van der Waals surface area (Å²) < 4.78 is 0. The monoisotopic (exact) mass is 138 g/mol. The summed E-state index contributed by atoms with van der Waals surface area (Å²) in [5.41, 5.74) is 1.71. The molecule has 0 fully saturated rings. The first-order valence-corrected chi connectivity index (χ1v) is 3.13. The van der Waals surface area contributed by atoms with E-state index >= 15 is 0 Å². The molecule has 0 spiro atoms. The van der Waals surface area contributed by atoms with E-state index in [1.807, 2.05) is 13.0 Å². The standard InChI is InChI=1S/C8H10O2/c1-6-2-7(5-9)4-8(10)3-6/h2-4,9-10H,5H2,1H3. The molecule has 2 heteroatoms. The maximum absolute atomic E-state index is 9.01. The van der Waals surface area contributed by atoms with Gasteiger partial charge in [-0.1, -0.05) is 6.07 Å². The van der Waals surface area contributed by atoms with Gasteiger partial charge in [0.2, 0.25) is 0 Å². The maximum Gasteiger partial charge on any atom is 0.116 e. The number of hydrogen-bond acceptors (Lipinski definition) is 2. The van der Waals surface area contributed by atoms with Crippen molar-refractivity contribution in [3.05, 3.63) is 29.3 Å². The summed E-state index contributed by atoms with van der Waals surface area (Å²) in [5, 5.41) is 17.7. The lowest BCUT2D eigenvalue weighted by Crippen LogP contribution is -1.83. The maximum atomic E-state index is 9.01. The number of phenolic OH excluding ortho intramolecular Hbond substituents is 1. The molecular formula is C8H10O2. The Kier molecular flexibility index (Phi) is 1.92. The fraction of sp³-hybridized carbons (Fsp3) is 0.250. The molecule has 0 saturated carbocycles. The van der Waals surface area contributed by atoms with Crippen molar-refractivity contribution < 1.29 is 10.2 Å². The fourth-order valence-electron chi connectivity index (χ4n) is 0.932. The van der Waals surface area contributed by atoms with E-state index in [0.717, 1.165) is 11.1 Å². The molecule has 0 aliphatic rings. The molecule has 2 N–H and O–H groups in total. The summed E-state index contributed by atoms with van der Waals surface area (Å²) in [5.74, 6) is 0.212. The first-order chi connectivity index (χ1) is 4.72. The van der Waals surface area contributed by atoms with Crippen molar-refractivity contribution in [1.29, 1.82) is 0 Å². The largest absolute Gasteiger partial charge is 0.508 e. The highest BCUT2D eigenvalue weighted by atomic mass is 16.3. The van der Waals surface area contributed by atoms with Gasteiger partial charge in [-0.05, 0) is 30.2 Å². The Morgan fingerprint density at radius 2 is 2.00 bits per heavy atom. The van der Waals surface area contributed by atoms with Gasteiger partial charge in [0.1, 0.15) is 5.75 Å². The van der Waals surface area contributed by atoms with Crippen LogP contribution in [0.15, 0.2) is 18.2 Å². The van der Waals surface area contributed by atoms with Crippen LogP contribution in [0.5, 0.6) is 5.75 Å². The van der Waals surface area contributed by atoms with Crippen molar-refractivity contribution in [2.75, 3.05) is 0 Å². The topological polar surface area (TPSA) is 40.5 Å². The minimum Gasteiger partial charge on any atom is -0.508 e. The van der Waals surface area contributed by atoms with E-state index < -0.39 is 0 Å². The second-order valence-corrected chi connectivity index (χ2v) is 2.33. The quantitative estimate of drug-likeness (QED) is 0.612. The second-order valence-electron chi connectivity index (χ2n) is 2.33. The van der Waals surface area contributed by atoms with Crippen molar-refractivity contribution in [3.63, 3.8) is 0 Å². The van der Waals surface area contributed by atoms with Crippen molar-refractivity contribution in [2.24, 2.45) is 0 Å². The number of hydrogen-bond donors (Lipinski definition) is 2. The highest BCUT2D eigenvalue weighted by molar-refractivity contribution is 5.32.